The number of benzene rings is 2. The first-order chi connectivity index (χ1) is 16.5. The molecule has 0 saturated heterocycles. The van der Waals surface area contributed by atoms with Gasteiger partial charge in [-0.3, -0.25) is 14.2 Å². The van der Waals surface area contributed by atoms with Crippen molar-refractivity contribution in [2.45, 2.75) is 71.3 Å². The highest BCUT2D eigenvalue weighted by atomic mass is 35.5. The molecule has 0 N–H and O–H groups in total. The zero-order chi connectivity index (χ0) is 24.1. The van der Waals surface area contributed by atoms with Crippen LogP contribution >= 0.6 is 11.6 Å². The van der Waals surface area contributed by atoms with Crippen LogP contribution < -0.4 is 5.56 Å². The molecule has 1 amide bonds. The highest BCUT2D eigenvalue weighted by Crippen LogP contribution is 2.31. The Morgan fingerprint density at radius 2 is 1.91 bits per heavy atom. The Labute approximate surface area is 206 Å². The Morgan fingerprint density at radius 3 is 2.62 bits per heavy atom. The summed E-state index contributed by atoms with van der Waals surface area (Å²) in [6.07, 6.45) is 8.04. The van der Waals surface area contributed by atoms with Crippen LogP contribution in [-0.2, 0) is 4.79 Å². The minimum atomic E-state index is -0.299. The molecule has 0 radical (unpaired) electrons. The van der Waals surface area contributed by atoms with E-state index in [1.807, 2.05) is 35.2 Å². The van der Waals surface area contributed by atoms with Gasteiger partial charge in [-0.05, 0) is 55.5 Å². The van der Waals surface area contributed by atoms with Crippen LogP contribution in [0.2, 0.25) is 5.02 Å². The normalized spacial score (nSPS) is 15.0. The van der Waals surface area contributed by atoms with Gasteiger partial charge < -0.3 is 4.90 Å². The van der Waals surface area contributed by atoms with E-state index in [4.69, 9.17) is 16.6 Å². The molecular weight excluding hydrogens is 446 g/mol. The summed E-state index contributed by atoms with van der Waals surface area (Å²) >= 11 is 6.30. The molecule has 1 aliphatic carbocycles. The van der Waals surface area contributed by atoms with Crippen molar-refractivity contribution in [3.8, 4) is 5.69 Å². The van der Waals surface area contributed by atoms with Crippen molar-refractivity contribution in [3.63, 3.8) is 0 Å². The van der Waals surface area contributed by atoms with E-state index in [2.05, 4.69) is 13.8 Å². The number of fused-ring (bicyclic) bond motifs is 1. The van der Waals surface area contributed by atoms with Crippen LogP contribution in [0.5, 0.6) is 0 Å². The lowest BCUT2D eigenvalue weighted by Gasteiger charge is -2.32. The molecule has 1 heterocycles. The predicted molar refractivity (Wildman–Crippen MR) is 139 cm³/mol. The number of hydrogen-bond donors (Lipinski definition) is 0. The highest BCUT2D eigenvalue weighted by Gasteiger charge is 2.29. The number of rotatable bonds is 9. The molecule has 1 saturated carbocycles. The van der Waals surface area contributed by atoms with Gasteiger partial charge in [0.15, 0.2) is 0 Å². The predicted octanol–water partition coefficient (Wildman–Crippen LogP) is 6.70. The Balaban J connectivity index is 1.80. The molecule has 0 spiro atoms. The quantitative estimate of drug-likeness (QED) is 0.343. The standard InChI is InChI=1S/C28H34ClN3O2/c1-3-18-31(26(33)17-16-20-10-5-6-11-20)25(4-2)27-30-24-15-8-7-14-23(24)28(34)32(27)22-13-9-12-21(29)19-22/h7-9,12-15,19-20,25H,3-6,10-11,16-18H2,1-2H3. The van der Waals surface area contributed by atoms with E-state index in [1.165, 1.54) is 25.7 Å². The molecule has 1 aliphatic rings. The van der Waals surface area contributed by atoms with E-state index in [1.54, 1.807) is 22.8 Å². The fourth-order valence-corrected chi connectivity index (χ4v) is 5.43. The number of para-hydroxylation sites is 1. The maximum atomic E-state index is 13.7. The van der Waals surface area contributed by atoms with Crippen LogP contribution in [0.3, 0.4) is 0 Å². The van der Waals surface area contributed by atoms with Gasteiger partial charge >= 0.3 is 0 Å². The first-order valence-corrected chi connectivity index (χ1v) is 13.0. The van der Waals surface area contributed by atoms with Crippen LogP contribution in [0.25, 0.3) is 16.6 Å². The third-order valence-electron chi connectivity index (χ3n) is 6.96. The average molecular weight is 480 g/mol. The molecule has 34 heavy (non-hydrogen) atoms. The van der Waals surface area contributed by atoms with E-state index in [0.29, 0.717) is 52.7 Å². The van der Waals surface area contributed by atoms with Gasteiger partial charge in [-0.25, -0.2) is 4.98 Å². The second-order valence-corrected chi connectivity index (χ2v) is 9.74. The average Bonchev–Trinajstić information content (AvgIpc) is 3.36. The van der Waals surface area contributed by atoms with E-state index < -0.39 is 0 Å². The number of aromatic nitrogens is 2. The van der Waals surface area contributed by atoms with Crippen molar-refractivity contribution in [2.24, 2.45) is 5.92 Å². The fraction of sp³-hybridized carbons (Fsp3) is 0.464. The number of amides is 1. The summed E-state index contributed by atoms with van der Waals surface area (Å²) in [7, 11) is 0. The number of carbonyl (C=O) groups excluding carboxylic acids is 1. The lowest BCUT2D eigenvalue weighted by atomic mass is 10.0. The summed E-state index contributed by atoms with van der Waals surface area (Å²) in [5.74, 6) is 1.41. The van der Waals surface area contributed by atoms with E-state index >= 15 is 0 Å². The van der Waals surface area contributed by atoms with Gasteiger partial charge in [0.05, 0.1) is 22.6 Å². The van der Waals surface area contributed by atoms with E-state index in [9.17, 15) is 9.59 Å². The van der Waals surface area contributed by atoms with Gasteiger partial charge in [0, 0.05) is 18.0 Å². The van der Waals surface area contributed by atoms with Crippen molar-refractivity contribution in [2.75, 3.05) is 6.54 Å². The smallest absolute Gasteiger partial charge is 0.266 e. The summed E-state index contributed by atoms with van der Waals surface area (Å²) in [5, 5.41) is 1.10. The van der Waals surface area contributed by atoms with Crippen molar-refractivity contribution in [1.29, 1.82) is 0 Å². The Morgan fingerprint density at radius 1 is 1.15 bits per heavy atom. The first-order valence-electron chi connectivity index (χ1n) is 12.6. The number of halogens is 1. The maximum absolute atomic E-state index is 13.7. The minimum absolute atomic E-state index is 0.142. The second kappa shape index (κ2) is 11.2. The van der Waals surface area contributed by atoms with Gasteiger partial charge in [0.1, 0.15) is 5.82 Å². The third kappa shape index (κ3) is 5.20. The van der Waals surface area contributed by atoms with E-state index in [-0.39, 0.29) is 17.5 Å². The SMILES string of the molecule is CCCN(C(=O)CCC1CCCC1)C(CC)c1nc2ccccc2c(=O)n1-c1cccc(Cl)c1. The van der Waals surface area contributed by atoms with Crippen LogP contribution in [-0.4, -0.2) is 26.9 Å². The van der Waals surface area contributed by atoms with Crippen LogP contribution in [0.1, 0.15) is 77.1 Å². The topological polar surface area (TPSA) is 55.2 Å². The number of hydrogen-bond acceptors (Lipinski definition) is 3. The number of nitrogens with zero attached hydrogens (tertiary/aromatic N) is 3. The third-order valence-corrected chi connectivity index (χ3v) is 7.19. The largest absolute Gasteiger partial charge is 0.333 e. The molecule has 2 aromatic carbocycles. The Bertz CT molecular complexity index is 1200. The molecule has 1 unspecified atom stereocenters. The Kier molecular flexibility index (Phi) is 8.04. The van der Waals surface area contributed by atoms with Gasteiger partial charge in [0.2, 0.25) is 5.91 Å². The summed E-state index contributed by atoms with van der Waals surface area (Å²) in [6.45, 7) is 4.78. The van der Waals surface area contributed by atoms with Gasteiger partial charge in [0.25, 0.3) is 5.56 Å². The molecule has 180 valence electrons. The number of carbonyl (C=O) groups is 1. The summed E-state index contributed by atoms with van der Waals surface area (Å²) in [6, 6.07) is 14.4. The molecule has 5 nitrogen and oxygen atoms in total. The molecule has 1 atom stereocenters. The molecule has 0 bridgehead atoms. The Hall–Kier alpha value is -2.66. The van der Waals surface area contributed by atoms with Crippen LogP contribution in [0.15, 0.2) is 53.3 Å². The van der Waals surface area contributed by atoms with Crippen LogP contribution in [0, 0.1) is 5.92 Å². The zero-order valence-electron chi connectivity index (χ0n) is 20.2. The summed E-state index contributed by atoms with van der Waals surface area (Å²) in [5.41, 5.74) is 1.17. The fourth-order valence-electron chi connectivity index (χ4n) is 5.25. The molecular formula is C28H34ClN3O2. The maximum Gasteiger partial charge on any atom is 0.266 e. The molecule has 1 fully saturated rings. The van der Waals surface area contributed by atoms with Crippen LogP contribution in [0.4, 0.5) is 0 Å². The first kappa shape index (κ1) is 24.5. The zero-order valence-corrected chi connectivity index (χ0v) is 20.9. The monoisotopic (exact) mass is 479 g/mol. The van der Waals surface area contributed by atoms with Gasteiger partial charge in [-0.1, -0.05) is 69.3 Å². The molecule has 6 heteroatoms. The summed E-state index contributed by atoms with van der Waals surface area (Å²) < 4.78 is 1.65. The second-order valence-electron chi connectivity index (χ2n) is 9.31. The van der Waals surface area contributed by atoms with Crippen molar-refractivity contribution in [1.82, 2.24) is 14.5 Å². The molecule has 0 aliphatic heterocycles. The highest BCUT2D eigenvalue weighted by molar-refractivity contribution is 6.30. The van der Waals surface area contributed by atoms with E-state index in [0.717, 1.165) is 12.8 Å². The van der Waals surface area contributed by atoms with Crippen molar-refractivity contribution in [3.05, 3.63) is 69.7 Å². The lowest BCUT2D eigenvalue weighted by molar-refractivity contribution is -0.134. The molecule has 3 aromatic rings. The molecule has 1 aromatic heterocycles. The minimum Gasteiger partial charge on any atom is -0.333 e. The van der Waals surface area contributed by atoms with Crippen molar-refractivity contribution >= 4 is 28.4 Å². The van der Waals surface area contributed by atoms with Crippen molar-refractivity contribution < 1.29 is 4.79 Å². The van der Waals surface area contributed by atoms with Gasteiger partial charge in [-0.2, -0.15) is 0 Å². The van der Waals surface area contributed by atoms with Gasteiger partial charge in [-0.15, -0.1) is 0 Å². The molecule has 4 rings (SSSR count). The lowest BCUT2D eigenvalue weighted by Crippen LogP contribution is -2.39. The summed E-state index contributed by atoms with van der Waals surface area (Å²) in [4.78, 5) is 34.1.